The van der Waals surface area contributed by atoms with Gasteiger partial charge in [0, 0.05) is 11.8 Å². The predicted molar refractivity (Wildman–Crippen MR) is 94.1 cm³/mol. The molecule has 1 aliphatic heterocycles. The summed E-state index contributed by atoms with van der Waals surface area (Å²) in [6.45, 7) is 3.55. The van der Waals surface area contributed by atoms with Crippen LogP contribution in [0, 0.1) is 22.8 Å². The van der Waals surface area contributed by atoms with Gasteiger partial charge in [-0.15, -0.1) is 0 Å². The largest absolute Gasteiger partial charge is 0.485 e. The van der Waals surface area contributed by atoms with Crippen LogP contribution in [0.4, 0.5) is 0 Å². The van der Waals surface area contributed by atoms with Gasteiger partial charge >= 0.3 is 0 Å². The molecule has 1 aromatic heterocycles. The Morgan fingerprint density at radius 1 is 1.31 bits per heavy atom. The molecule has 0 saturated heterocycles. The number of aromatic nitrogens is 1. The van der Waals surface area contributed by atoms with Crippen LogP contribution in [0.1, 0.15) is 36.7 Å². The van der Waals surface area contributed by atoms with E-state index in [0.29, 0.717) is 22.6 Å². The van der Waals surface area contributed by atoms with E-state index in [4.69, 9.17) is 10.00 Å². The highest BCUT2D eigenvalue weighted by atomic mass is 16.5. The number of ether oxygens (including phenoxy) is 1. The Kier molecular flexibility index (Phi) is 4.57. The average molecular weight is 347 g/mol. The summed E-state index contributed by atoms with van der Waals surface area (Å²) in [5.74, 6) is 0.803. The van der Waals surface area contributed by atoms with Crippen LogP contribution in [0.25, 0.3) is 0 Å². The number of nitrogens with zero attached hydrogens (tertiary/aromatic N) is 4. The molecule has 0 bridgehead atoms. The summed E-state index contributed by atoms with van der Waals surface area (Å²) in [6.07, 6.45) is 2.40. The number of hydrogen-bond acceptors (Lipinski definition) is 6. The second-order valence-corrected chi connectivity index (χ2v) is 6.41. The normalized spacial score (nSPS) is 20.9. The van der Waals surface area contributed by atoms with Gasteiger partial charge in [0.1, 0.15) is 23.1 Å². The molecule has 2 aromatic rings. The van der Waals surface area contributed by atoms with Gasteiger partial charge in [-0.2, -0.15) is 15.5 Å². The lowest BCUT2D eigenvalue weighted by atomic mass is 9.86. The maximum absolute atomic E-state index is 10.8. The summed E-state index contributed by atoms with van der Waals surface area (Å²) in [5.41, 5.74) is 0.671. The van der Waals surface area contributed by atoms with Crippen LogP contribution >= 0.6 is 0 Å². The molecule has 2 atom stereocenters. The quantitative estimate of drug-likeness (QED) is 0.488. The number of rotatable bonds is 2. The molecule has 2 N–H and O–H groups in total. The Balaban J connectivity index is 2.06. The number of pyridine rings is 1. The molecule has 0 radical (unpaired) electrons. The summed E-state index contributed by atoms with van der Waals surface area (Å²) >= 11 is 0. The molecule has 1 aliphatic rings. The van der Waals surface area contributed by atoms with Crippen molar-refractivity contribution >= 4 is 5.84 Å². The first kappa shape index (κ1) is 17.4. The number of nitrogens with one attached hydrogen (secondary N) is 1. The van der Waals surface area contributed by atoms with Gasteiger partial charge < -0.3 is 15.2 Å². The number of aliphatic hydroxyl groups is 1. The zero-order valence-electron chi connectivity index (χ0n) is 14.3. The minimum absolute atomic E-state index is 0.239. The zero-order valence-corrected chi connectivity index (χ0v) is 14.3. The first-order valence-corrected chi connectivity index (χ1v) is 8.02. The molecule has 2 heterocycles. The fourth-order valence-corrected chi connectivity index (χ4v) is 2.89. The van der Waals surface area contributed by atoms with E-state index in [0.717, 1.165) is 0 Å². The van der Waals surface area contributed by atoms with Gasteiger partial charge in [-0.05, 0) is 44.2 Å². The summed E-state index contributed by atoms with van der Waals surface area (Å²) in [6, 6.07) is 11.7. The second kappa shape index (κ2) is 6.83. The zero-order chi connectivity index (χ0) is 18.7. The lowest BCUT2D eigenvalue weighted by molar-refractivity contribution is -0.0610. The molecule has 0 fully saturated rings. The Hall–Kier alpha value is -3.42. The van der Waals surface area contributed by atoms with Gasteiger partial charge in [-0.25, -0.2) is 0 Å². The first-order valence-electron chi connectivity index (χ1n) is 8.02. The molecule has 0 amide bonds. The fourth-order valence-electron chi connectivity index (χ4n) is 2.89. The van der Waals surface area contributed by atoms with Crippen LogP contribution in [-0.4, -0.2) is 27.6 Å². The summed E-state index contributed by atoms with van der Waals surface area (Å²) < 4.78 is 5.89. The minimum atomic E-state index is -0.948. The van der Waals surface area contributed by atoms with Crippen LogP contribution < -0.4 is 10.1 Å². The highest BCUT2D eigenvalue weighted by Crippen LogP contribution is 2.40. The van der Waals surface area contributed by atoms with Gasteiger partial charge in [0.2, 0.25) is 6.19 Å². The SMILES string of the molecule is CC1(C)Oc2ccc(C#N)cc2[C@@H](NC(=NC#N)c2ccccn2)[C@@H]1O. The molecule has 1 aromatic carbocycles. The smallest absolute Gasteiger partial charge is 0.207 e. The van der Waals surface area contributed by atoms with E-state index >= 15 is 0 Å². The number of amidine groups is 1. The van der Waals surface area contributed by atoms with E-state index < -0.39 is 17.7 Å². The van der Waals surface area contributed by atoms with Crippen LogP contribution in [0.5, 0.6) is 5.75 Å². The number of nitriles is 2. The van der Waals surface area contributed by atoms with Crippen molar-refractivity contribution in [3.63, 3.8) is 0 Å². The molecule has 0 aliphatic carbocycles. The first-order chi connectivity index (χ1) is 12.5. The van der Waals surface area contributed by atoms with Gasteiger partial charge in [0.05, 0.1) is 17.7 Å². The predicted octanol–water partition coefficient (Wildman–Crippen LogP) is 2.04. The highest BCUT2D eigenvalue weighted by molar-refractivity contribution is 5.98. The van der Waals surface area contributed by atoms with E-state index in [9.17, 15) is 10.4 Å². The maximum atomic E-state index is 10.8. The number of aliphatic hydroxyl groups excluding tert-OH is 1. The Morgan fingerprint density at radius 2 is 2.12 bits per heavy atom. The van der Waals surface area contributed by atoms with Gasteiger partial charge in [0.15, 0.2) is 5.84 Å². The second-order valence-electron chi connectivity index (χ2n) is 6.41. The third-order valence-corrected chi connectivity index (χ3v) is 4.24. The number of fused-ring (bicyclic) bond motifs is 1. The standard InChI is InChI=1S/C19H17N5O2/c1-19(2)17(25)16(13-9-12(10-20)6-7-15(13)26-19)24-18(23-11-21)14-5-3-4-8-22-14/h3-9,16-17,25H,1-2H3,(H,23,24)/t16-,17+/m1/s1. The Bertz CT molecular complexity index is 925. The third-order valence-electron chi connectivity index (χ3n) is 4.24. The molecule has 26 heavy (non-hydrogen) atoms. The van der Waals surface area contributed by atoms with Crippen molar-refractivity contribution in [2.45, 2.75) is 31.6 Å². The van der Waals surface area contributed by atoms with E-state index in [1.807, 2.05) is 0 Å². The van der Waals surface area contributed by atoms with Gasteiger partial charge in [-0.1, -0.05) is 6.07 Å². The molecule has 7 nitrogen and oxygen atoms in total. The topological polar surface area (TPSA) is 114 Å². The number of benzene rings is 1. The fraction of sp³-hybridized carbons (Fsp3) is 0.263. The van der Waals surface area contributed by atoms with Crippen molar-refractivity contribution < 1.29 is 9.84 Å². The molecule has 0 spiro atoms. The molecule has 3 rings (SSSR count). The van der Waals surface area contributed by atoms with Gasteiger partial charge in [-0.3, -0.25) is 4.98 Å². The van der Waals surface area contributed by atoms with E-state index in [-0.39, 0.29) is 5.84 Å². The van der Waals surface area contributed by atoms with Crippen LogP contribution in [0.3, 0.4) is 0 Å². The molecule has 7 heteroatoms. The summed E-state index contributed by atoms with van der Waals surface area (Å²) in [7, 11) is 0. The van der Waals surface area contributed by atoms with Crippen molar-refractivity contribution in [2.24, 2.45) is 4.99 Å². The van der Waals surface area contributed by atoms with E-state index in [1.54, 1.807) is 62.6 Å². The maximum Gasteiger partial charge on any atom is 0.207 e. The highest BCUT2D eigenvalue weighted by Gasteiger charge is 2.43. The minimum Gasteiger partial charge on any atom is -0.485 e. The third kappa shape index (κ3) is 3.21. The summed E-state index contributed by atoms with van der Waals surface area (Å²) in [4.78, 5) is 8.02. The number of aliphatic imine (C=N–C) groups is 1. The van der Waals surface area contributed by atoms with Crippen molar-refractivity contribution in [3.05, 3.63) is 59.4 Å². The average Bonchev–Trinajstić information content (AvgIpc) is 2.65. The Morgan fingerprint density at radius 3 is 2.77 bits per heavy atom. The number of hydrogen-bond donors (Lipinski definition) is 2. The van der Waals surface area contributed by atoms with Crippen molar-refractivity contribution in [3.8, 4) is 18.0 Å². The van der Waals surface area contributed by atoms with Crippen LogP contribution in [-0.2, 0) is 0 Å². The Labute approximate surface area is 151 Å². The van der Waals surface area contributed by atoms with Crippen molar-refractivity contribution in [2.75, 3.05) is 0 Å². The van der Waals surface area contributed by atoms with E-state index in [2.05, 4.69) is 21.4 Å². The lowest BCUT2D eigenvalue weighted by Gasteiger charge is -2.42. The lowest BCUT2D eigenvalue weighted by Crippen LogP contribution is -2.53. The molecular formula is C19H17N5O2. The molecule has 0 unspecified atom stereocenters. The van der Waals surface area contributed by atoms with Crippen molar-refractivity contribution in [1.29, 1.82) is 10.5 Å². The molecular weight excluding hydrogens is 330 g/mol. The van der Waals surface area contributed by atoms with Crippen LogP contribution in [0.2, 0.25) is 0 Å². The molecule has 130 valence electrons. The van der Waals surface area contributed by atoms with Crippen LogP contribution in [0.15, 0.2) is 47.6 Å². The van der Waals surface area contributed by atoms with Gasteiger partial charge in [0.25, 0.3) is 0 Å². The monoisotopic (exact) mass is 347 g/mol. The van der Waals surface area contributed by atoms with E-state index in [1.165, 1.54) is 0 Å². The summed E-state index contributed by atoms with van der Waals surface area (Å²) in [5, 5.41) is 32.2. The molecule has 0 saturated carbocycles. The van der Waals surface area contributed by atoms with Crippen molar-refractivity contribution in [1.82, 2.24) is 10.3 Å².